The Morgan fingerprint density at radius 2 is 1.89 bits per heavy atom. The summed E-state index contributed by atoms with van der Waals surface area (Å²) in [4.78, 5) is 25.6. The number of amides is 1. The molecule has 0 spiro atoms. The highest BCUT2D eigenvalue weighted by Gasteiger charge is 2.33. The Hall–Kier alpha value is -4.27. The molecule has 0 fully saturated rings. The fraction of sp³-hybridized carbons (Fsp3) is 0.296. The van der Waals surface area contributed by atoms with E-state index in [1.807, 2.05) is 55.5 Å². The lowest BCUT2D eigenvalue weighted by Gasteiger charge is -2.31. The van der Waals surface area contributed by atoms with Crippen molar-refractivity contribution >= 4 is 17.3 Å². The molecule has 36 heavy (non-hydrogen) atoms. The van der Waals surface area contributed by atoms with E-state index in [0.29, 0.717) is 42.0 Å². The summed E-state index contributed by atoms with van der Waals surface area (Å²) in [6, 6.07) is 13.1. The minimum Gasteiger partial charge on any atom is -0.493 e. The number of ketones is 1. The van der Waals surface area contributed by atoms with Gasteiger partial charge in [-0.3, -0.25) is 9.59 Å². The largest absolute Gasteiger partial charge is 0.493 e. The number of rotatable bonds is 9. The molecule has 1 unspecified atom stereocenters. The van der Waals surface area contributed by atoms with E-state index in [-0.39, 0.29) is 11.7 Å². The van der Waals surface area contributed by atoms with Gasteiger partial charge in [0, 0.05) is 24.1 Å². The molecule has 1 amide bonds. The van der Waals surface area contributed by atoms with Gasteiger partial charge in [-0.15, -0.1) is 5.10 Å². The Morgan fingerprint density at radius 1 is 1.11 bits per heavy atom. The van der Waals surface area contributed by atoms with Crippen molar-refractivity contribution in [2.45, 2.75) is 32.2 Å². The van der Waals surface area contributed by atoms with Crippen LogP contribution in [-0.4, -0.2) is 52.7 Å². The van der Waals surface area contributed by atoms with Crippen LogP contribution in [0.25, 0.3) is 5.57 Å². The molecule has 1 atom stereocenters. The average Bonchev–Trinajstić information content (AvgIpc) is 3.44. The van der Waals surface area contributed by atoms with Crippen LogP contribution in [0.5, 0.6) is 11.5 Å². The van der Waals surface area contributed by atoms with Crippen LogP contribution in [0, 0.1) is 0 Å². The molecular weight excluding hydrogens is 458 g/mol. The van der Waals surface area contributed by atoms with E-state index < -0.39 is 5.54 Å². The van der Waals surface area contributed by atoms with Crippen LogP contribution in [0.15, 0.2) is 66.5 Å². The van der Waals surface area contributed by atoms with Crippen LogP contribution >= 0.6 is 0 Å². The topological polar surface area (TPSA) is 108 Å². The molecule has 0 bridgehead atoms. The standard InChI is InChI=1S/C27H29N5O4/c1-18(33)22-7-5-6-8-23(22)20-14-21(16-27(2,15-20)32-17-29-30-31-32)26(34)28-12-11-19-9-10-24(35-3)25(13-19)36-4/h5-10,13-14,16-17H,11-12,15H2,1-4H3,(H,28,34). The Bertz CT molecular complexity index is 1330. The number of methoxy groups -OCH3 is 2. The maximum Gasteiger partial charge on any atom is 0.251 e. The minimum absolute atomic E-state index is 0.0360. The third-order valence-corrected chi connectivity index (χ3v) is 6.28. The number of nitrogens with one attached hydrogen (secondary N) is 1. The Balaban J connectivity index is 1.59. The highest BCUT2D eigenvalue weighted by molar-refractivity contribution is 6.02. The summed E-state index contributed by atoms with van der Waals surface area (Å²) in [5, 5.41) is 14.6. The van der Waals surface area contributed by atoms with Crippen molar-refractivity contribution in [2.75, 3.05) is 20.8 Å². The smallest absolute Gasteiger partial charge is 0.251 e. The Morgan fingerprint density at radius 3 is 2.58 bits per heavy atom. The number of Topliss-reactive ketones (excluding diaryl/α,β-unsaturated/α-hetero) is 1. The molecule has 186 valence electrons. The average molecular weight is 488 g/mol. The number of hydrogen-bond acceptors (Lipinski definition) is 7. The first kappa shape index (κ1) is 24.8. The van der Waals surface area contributed by atoms with E-state index in [4.69, 9.17) is 9.47 Å². The first-order valence-electron chi connectivity index (χ1n) is 11.6. The van der Waals surface area contributed by atoms with Crippen molar-refractivity contribution in [1.82, 2.24) is 25.5 Å². The van der Waals surface area contributed by atoms with Gasteiger partial charge in [-0.1, -0.05) is 30.3 Å². The second-order valence-corrected chi connectivity index (χ2v) is 8.85. The first-order valence-corrected chi connectivity index (χ1v) is 11.6. The van der Waals surface area contributed by atoms with Gasteiger partial charge in [-0.05, 0) is 71.7 Å². The number of tetrazole rings is 1. The van der Waals surface area contributed by atoms with Gasteiger partial charge in [0.15, 0.2) is 17.3 Å². The molecule has 0 saturated carbocycles. The van der Waals surface area contributed by atoms with Crippen LogP contribution in [0.4, 0.5) is 0 Å². The molecule has 9 nitrogen and oxygen atoms in total. The molecule has 9 heteroatoms. The number of ether oxygens (including phenoxy) is 2. The molecule has 1 aliphatic carbocycles. The lowest BCUT2D eigenvalue weighted by Crippen LogP contribution is -2.35. The third kappa shape index (κ3) is 5.19. The van der Waals surface area contributed by atoms with Crippen molar-refractivity contribution in [3.63, 3.8) is 0 Å². The second kappa shape index (κ2) is 10.6. The molecule has 1 heterocycles. The summed E-state index contributed by atoms with van der Waals surface area (Å²) in [6.07, 6.45) is 6.38. The maximum absolute atomic E-state index is 13.3. The zero-order valence-electron chi connectivity index (χ0n) is 20.8. The summed E-state index contributed by atoms with van der Waals surface area (Å²) in [6.45, 7) is 3.94. The van der Waals surface area contributed by atoms with Gasteiger partial charge < -0.3 is 14.8 Å². The van der Waals surface area contributed by atoms with Gasteiger partial charge >= 0.3 is 0 Å². The molecule has 1 aromatic heterocycles. The fourth-order valence-electron chi connectivity index (χ4n) is 4.43. The van der Waals surface area contributed by atoms with E-state index in [9.17, 15) is 9.59 Å². The normalized spacial score (nSPS) is 17.1. The van der Waals surface area contributed by atoms with Crippen molar-refractivity contribution in [1.29, 1.82) is 0 Å². The summed E-state index contributed by atoms with van der Waals surface area (Å²) < 4.78 is 12.3. The number of allylic oxidation sites excluding steroid dienone is 2. The van der Waals surface area contributed by atoms with Crippen LogP contribution < -0.4 is 14.8 Å². The van der Waals surface area contributed by atoms with Crippen LogP contribution in [-0.2, 0) is 16.8 Å². The zero-order valence-corrected chi connectivity index (χ0v) is 20.8. The lowest BCUT2D eigenvalue weighted by molar-refractivity contribution is -0.117. The van der Waals surface area contributed by atoms with Gasteiger partial charge in [-0.25, -0.2) is 4.68 Å². The van der Waals surface area contributed by atoms with E-state index in [1.165, 1.54) is 6.33 Å². The molecule has 4 rings (SSSR count). The summed E-state index contributed by atoms with van der Waals surface area (Å²) in [5.74, 6) is 1.05. The number of aromatic nitrogens is 4. The second-order valence-electron chi connectivity index (χ2n) is 8.85. The number of nitrogens with zero attached hydrogens (tertiary/aromatic N) is 4. The number of carbonyl (C=O) groups excluding carboxylic acids is 2. The van der Waals surface area contributed by atoms with Crippen LogP contribution in [0.3, 0.4) is 0 Å². The Kier molecular flexibility index (Phi) is 7.28. The van der Waals surface area contributed by atoms with Crippen LogP contribution in [0.2, 0.25) is 0 Å². The Labute approximate surface area is 209 Å². The molecule has 2 aromatic carbocycles. The van der Waals surface area contributed by atoms with Gasteiger partial charge in [0.2, 0.25) is 0 Å². The SMILES string of the molecule is COc1ccc(CCNC(=O)C2=CC(C)(n3cnnn3)CC(c3ccccc3C(C)=O)=C2)cc1OC. The molecular formula is C27H29N5O4. The first-order chi connectivity index (χ1) is 17.3. The van der Waals surface area contributed by atoms with Crippen molar-refractivity contribution in [3.05, 3.63) is 83.2 Å². The van der Waals surface area contributed by atoms with Crippen molar-refractivity contribution < 1.29 is 19.1 Å². The molecule has 3 aromatic rings. The lowest BCUT2D eigenvalue weighted by atomic mass is 9.80. The maximum atomic E-state index is 13.3. The van der Waals surface area contributed by atoms with Gasteiger partial charge in [0.1, 0.15) is 6.33 Å². The molecule has 0 radical (unpaired) electrons. The summed E-state index contributed by atoms with van der Waals surface area (Å²) in [5.41, 5.74) is 3.08. The van der Waals surface area contributed by atoms with Crippen LogP contribution in [0.1, 0.15) is 41.8 Å². The van der Waals surface area contributed by atoms with Gasteiger partial charge in [-0.2, -0.15) is 0 Å². The monoisotopic (exact) mass is 487 g/mol. The molecule has 0 saturated heterocycles. The molecule has 1 N–H and O–H groups in total. The minimum atomic E-state index is -0.687. The van der Waals surface area contributed by atoms with E-state index in [1.54, 1.807) is 31.9 Å². The predicted molar refractivity (Wildman–Crippen MR) is 135 cm³/mol. The molecule has 1 aliphatic rings. The molecule has 0 aliphatic heterocycles. The highest BCUT2D eigenvalue weighted by Crippen LogP contribution is 2.38. The number of hydrogen-bond donors (Lipinski definition) is 1. The quantitative estimate of drug-likeness (QED) is 0.461. The third-order valence-electron chi connectivity index (χ3n) is 6.28. The van der Waals surface area contributed by atoms with Crippen molar-refractivity contribution in [3.8, 4) is 11.5 Å². The van der Waals surface area contributed by atoms with E-state index >= 15 is 0 Å². The number of benzene rings is 2. The summed E-state index contributed by atoms with van der Waals surface area (Å²) >= 11 is 0. The highest BCUT2D eigenvalue weighted by atomic mass is 16.5. The zero-order chi connectivity index (χ0) is 25.7. The fourth-order valence-corrected chi connectivity index (χ4v) is 4.43. The van der Waals surface area contributed by atoms with Gasteiger partial charge in [0.25, 0.3) is 5.91 Å². The van der Waals surface area contributed by atoms with Gasteiger partial charge in [0.05, 0.1) is 19.8 Å². The number of carbonyl (C=O) groups is 2. The summed E-state index contributed by atoms with van der Waals surface area (Å²) in [7, 11) is 3.18. The predicted octanol–water partition coefficient (Wildman–Crippen LogP) is 3.38. The van der Waals surface area contributed by atoms with Crippen molar-refractivity contribution in [2.24, 2.45) is 0 Å². The van der Waals surface area contributed by atoms with E-state index in [0.717, 1.165) is 16.7 Å². The van der Waals surface area contributed by atoms with E-state index in [2.05, 4.69) is 20.8 Å².